The summed E-state index contributed by atoms with van der Waals surface area (Å²) in [5.74, 6) is 1.16. The summed E-state index contributed by atoms with van der Waals surface area (Å²) in [6, 6.07) is 13.9. The molecule has 1 N–H and O–H groups in total. The van der Waals surface area contributed by atoms with Crippen LogP contribution in [0.15, 0.2) is 48.6 Å². The summed E-state index contributed by atoms with van der Waals surface area (Å²) in [5.41, 5.74) is 8.27. The topological polar surface area (TPSA) is 15.3 Å². The summed E-state index contributed by atoms with van der Waals surface area (Å²) in [6.45, 7) is 4.46. The van der Waals surface area contributed by atoms with E-state index in [4.69, 9.17) is 0 Å². The van der Waals surface area contributed by atoms with Gasteiger partial charge in [-0.15, -0.1) is 0 Å². The molecule has 1 heterocycles. The summed E-state index contributed by atoms with van der Waals surface area (Å²) in [6.07, 6.45) is 5.96. The second-order valence-electron chi connectivity index (χ2n) is 7.45. The van der Waals surface area contributed by atoms with Crippen molar-refractivity contribution in [2.75, 3.05) is 24.3 Å². The number of allylic oxidation sites excluding steroid dienone is 2. The van der Waals surface area contributed by atoms with Crippen LogP contribution < -0.4 is 10.2 Å². The van der Waals surface area contributed by atoms with Crippen LogP contribution in [0.4, 0.5) is 11.4 Å². The minimum atomic E-state index is 0.384. The zero-order valence-corrected chi connectivity index (χ0v) is 15.0. The number of anilines is 2. The van der Waals surface area contributed by atoms with Crippen molar-refractivity contribution < 1.29 is 0 Å². The summed E-state index contributed by atoms with van der Waals surface area (Å²) in [7, 11) is 4.18. The molecule has 24 heavy (non-hydrogen) atoms. The van der Waals surface area contributed by atoms with Crippen LogP contribution in [0.25, 0.3) is 0 Å². The van der Waals surface area contributed by atoms with Crippen LogP contribution in [-0.2, 0) is 0 Å². The van der Waals surface area contributed by atoms with E-state index in [0.29, 0.717) is 17.9 Å². The van der Waals surface area contributed by atoms with Crippen molar-refractivity contribution in [2.24, 2.45) is 5.92 Å². The third-order valence-electron chi connectivity index (χ3n) is 5.71. The van der Waals surface area contributed by atoms with E-state index in [9.17, 15) is 0 Å². The lowest BCUT2D eigenvalue weighted by Gasteiger charge is -2.39. The molecule has 0 radical (unpaired) electrons. The number of nitrogens with one attached hydrogen (secondary N) is 1. The van der Waals surface area contributed by atoms with Gasteiger partial charge in [-0.1, -0.05) is 36.4 Å². The SMILES string of the molecule is Cc1ccc(C)c2c1NC(c1ccc(N(C)C)cc1)C1CC=CC21. The van der Waals surface area contributed by atoms with Gasteiger partial charge in [-0.05, 0) is 60.6 Å². The number of nitrogens with zero attached hydrogens (tertiary/aromatic N) is 1. The molecule has 3 unspecified atom stereocenters. The van der Waals surface area contributed by atoms with Crippen LogP contribution in [-0.4, -0.2) is 14.1 Å². The Morgan fingerprint density at radius 2 is 1.67 bits per heavy atom. The standard InChI is InChI=1S/C22H26N2/c1-14-8-9-15(2)21-20(14)18-6-5-7-19(18)22(23-21)16-10-12-17(13-11-16)24(3)4/h5-6,8-13,18-19,22-23H,7H2,1-4H3. The maximum absolute atomic E-state index is 3.89. The fourth-order valence-corrected chi connectivity index (χ4v) is 4.35. The van der Waals surface area contributed by atoms with Crippen molar-refractivity contribution in [1.82, 2.24) is 0 Å². The Kier molecular flexibility index (Phi) is 3.64. The number of benzene rings is 2. The molecule has 2 aromatic rings. The van der Waals surface area contributed by atoms with E-state index in [1.807, 2.05) is 0 Å². The first-order valence-electron chi connectivity index (χ1n) is 8.87. The zero-order valence-electron chi connectivity index (χ0n) is 15.0. The van der Waals surface area contributed by atoms with E-state index < -0.39 is 0 Å². The van der Waals surface area contributed by atoms with E-state index in [1.165, 1.54) is 33.6 Å². The number of aryl methyl sites for hydroxylation is 2. The van der Waals surface area contributed by atoms with Crippen LogP contribution in [0, 0.1) is 19.8 Å². The largest absolute Gasteiger partial charge is 0.378 e. The molecule has 0 saturated heterocycles. The predicted molar refractivity (Wildman–Crippen MR) is 103 cm³/mol. The quantitative estimate of drug-likeness (QED) is 0.766. The summed E-state index contributed by atoms with van der Waals surface area (Å²) in [5, 5.41) is 3.89. The molecule has 3 atom stereocenters. The van der Waals surface area contributed by atoms with Crippen LogP contribution in [0.5, 0.6) is 0 Å². The van der Waals surface area contributed by atoms with Crippen LogP contribution in [0.2, 0.25) is 0 Å². The van der Waals surface area contributed by atoms with Gasteiger partial charge in [0, 0.05) is 31.4 Å². The van der Waals surface area contributed by atoms with Gasteiger partial charge >= 0.3 is 0 Å². The highest BCUT2D eigenvalue weighted by Gasteiger charge is 2.39. The van der Waals surface area contributed by atoms with Gasteiger partial charge in [0.15, 0.2) is 0 Å². The number of hydrogen-bond acceptors (Lipinski definition) is 2. The summed E-state index contributed by atoms with van der Waals surface area (Å²) in [4.78, 5) is 2.15. The second kappa shape index (κ2) is 5.70. The Labute approximate surface area is 145 Å². The lowest BCUT2D eigenvalue weighted by atomic mass is 9.75. The highest BCUT2D eigenvalue weighted by Crippen LogP contribution is 2.51. The van der Waals surface area contributed by atoms with Crippen molar-refractivity contribution in [3.05, 3.63) is 70.8 Å². The van der Waals surface area contributed by atoms with Crippen molar-refractivity contribution in [1.29, 1.82) is 0 Å². The molecule has 0 amide bonds. The number of rotatable bonds is 2. The third-order valence-corrected chi connectivity index (χ3v) is 5.71. The van der Waals surface area contributed by atoms with E-state index in [2.05, 4.69) is 86.7 Å². The van der Waals surface area contributed by atoms with Crippen molar-refractivity contribution >= 4 is 11.4 Å². The second-order valence-corrected chi connectivity index (χ2v) is 7.45. The molecule has 1 aliphatic carbocycles. The van der Waals surface area contributed by atoms with Gasteiger partial charge in [0.1, 0.15) is 0 Å². The van der Waals surface area contributed by atoms with Gasteiger partial charge in [0.05, 0.1) is 6.04 Å². The fourth-order valence-electron chi connectivity index (χ4n) is 4.35. The number of hydrogen-bond donors (Lipinski definition) is 1. The third kappa shape index (κ3) is 2.32. The molecule has 1 aliphatic heterocycles. The van der Waals surface area contributed by atoms with Crippen LogP contribution >= 0.6 is 0 Å². The van der Waals surface area contributed by atoms with Gasteiger partial charge in [0.25, 0.3) is 0 Å². The molecule has 0 bridgehead atoms. The maximum atomic E-state index is 3.89. The first-order valence-corrected chi connectivity index (χ1v) is 8.87. The van der Waals surface area contributed by atoms with Crippen LogP contribution in [0.3, 0.4) is 0 Å². The Morgan fingerprint density at radius 1 is 0.958 bits per heavy atom. The molecular formula is C22H26N2. The van der Waals surface area contributed by atoms with Crippen molar-refractivity contribution in [2.45, 2.75) is 32.2 Å². The highest BCUT2D eigenvalue weighted by atomic mass is 15.1. The zero-order chi connectivity index (χ0) is 16.8. The molecule has 124 valence electrons. The molecule has 2 heteroatoms. The smallest absolute Gasteiger partial charge is 0.0554 e. The molecule has 2 aromatic carbocycles. The monoisotopic (exact) mass is 318 g/mol. The van der Waals surface area contributed by atoms with Crippen molar-refractivity contribution in [3.8, 4) is 0 Å². The van der Waals surface area contributed by atoms with Crippen molar-refractivity contribution in [3.63, 3.8) is 0 Å². The molecule has 0 fully saturated rings. The highest BCUT2D eigenvalue weighted by molar-refractivity contribution is 5.66. The molecule has 0 saturated carbocycles. The molecule has 0 spiro atoms. The number of fused-ring (bicyclic) bond motifs is 3. The Balaban J connectivity index is 1.77. The lowest BCUT2D eigenvalue weighted by molar-refractivity contribution is 0.424. The summed E-state index contributed by atoms with van der Waals surface area (Å²) >= 11 is 0. The normalized spacial score (nSPS) is 24.2. The van der Waals surface area contributed by atoms with E-state index in [1.54, 1.807) is 0 Å². The molecule has 2 nitrogen and oxygen atoms in total. The van der Waals surface area contributed by atoms with E-state index in [0.717, 1.165) is 6.42 Å². The van der Waals surface area contributed by atoms with Gasteiger partial charge in [-0.25, -0.2) is 0 Å². The van der Waals surface area contributed by atoms with Gasteiger partial charge < -0.3 is 10.2 Å². The maximum Gasteiger partial charge on any atom is 0.0554 e. The minimum Gasteiger partial charge on any atom is -0.378 e. The van der Waals surface area contributed by atoms with E-state index in [-0.39, 0.29) is 0 Å². The fraction of sp³-hybridized carbons (Fsp3) is 0.364. The minimum absolute atomic E-state index is 0.384. The van der Waals surface area contributed by atoms with E-state index >= 15 is 0 Å². The Morgan fingerprint density at radius 3 is 2.38 bits per heavy atom. The molecule has 2 aliphatic rings. The predicted octanol–water partition coefficient (Wildman–Crippen LogP) is 5.20. The molecule has 4 rings (SSSR count). The first kappa shape index (κ1) is 15.3. The Bertz CT molecular complexity index is 786. The average Bonchev–Trinajstić information content (AvgIpc) is 3.07. The van der Waals surface area contributed by atoms with Gasteiger partial charge in [-0.2, -0.15) is 0 Å². The van der Waals surface area contributed by atoms with Crippen LogP contribution in [0.1, 0.15) is 40.6 Å². The van der Waals surface area contributed by atoms with Gasteiger partial charge in [-0.3, -0.25) is 0 Å². The van der Waals surface area contributed by atoms with Gasteiger partial charge in [0.2, 0.25) is 0 Å². The molecular weight excluding hydrogens is 292 g/mol. The first-order chi connectivity index (χ1) is 11.6. The Hall–Kier alpha value is -2.22. The summed E-state index contributed by atoms with van der Waals surface area (Å²) < 4.78 is 0. The lowest BCUT2D eigenvalue weighted by Crippen LogP contribution is -2.30. The molecule has 0 aromatic heterocycles. The average molecular weight is 318 g/mol.